The quantitative estimate of drug-likeness (QED) is 0.855. The second kappa shape index (κ2) is 5.05. The molecule has 82 valence electrons. The number of carbonyl (C=O) groups excluding carboxylic acids is 1. The highest BCUT2D eigenvalue weighted by Crippen LogP contribution is 2.19. The molecule has 0 aliphatic rings. The first-order valence-corrected chi connectivity index (χ1v) is 5.90. The van der Waals surface area contributed by atoms with Gasteiger partial charge in [-0.05, 0) is 23.7 Å². The van der Waals surface area contributed by atoms with Crippen molar-refractivity contribution in [3.05, 3.63) is 29.6 Å². The van der Waals surface area contributed by atoms with Crippen LogP contribution in [0.3, 0.4) is 0 Å². The van der Waals surface area contributed by atoms with Gasteiger partial charge in [0.25, 0.3) is 0 Å². The van der Waals surface area contributed by atoms with Gasteiger partial charge in [0.1, 0.15) is 11.6 Å². The molecule has 0 spiro atoms. The Kier molecular flexibility index (Phi) is 3.48. The Morgan fingerprint density at radius 3 is 2.69 bits per heavy atom. The minimum Gasteiger partial charge on any atom is -0.325 e. The number of anilines is 1. The van der Waals surface area contributed by atoms with E-state index in [1.165, 1.54) is 11.5 Å². The molecule has 0 unspecified atom stereocenters. The number of nitrogens with zero attached hydrogens (tertiary/aromatic N) is 2. The maximum absolute atomic E-state index is 11.0. The van der Waals surface area contributed by atoms with Gasteiger partial charge >= 0.3 is 0 Å². The standard InChI is InChI=1S/C10H8ClN3OS/c11-5-10(15)12-8-3-1-7(2-4-8)9-6-16-14-13-9/h1-4,6H,5H2,(H,12,15). The van der Waals surface area contributed by atoms with Gasteiger partial charge < -0.3 is 5.32 Å². The Morgan fingerprint density at radius 1 is 1.38 bits per heavy atom. The highest BCUT2D eigenvalue weighted by molar-refractivity contribution is 7.03. The maximum atomic E-state index is 11.0. The average molecular weight is 254 g/mol. The summed E-state index contributed by atoms with van der Waals surface area (Å²) < 4.78 is 3.79. The molecule has 1 amide bonds. The Balaban J connectivity index is 2.14. The lowest BCUT2D eigenvalue weighted by molar-refractivity contribution is -0.113. The summed E-state index contributed by atoms with van der Waals surface area (Å²) in [5.74, 6) is -0.262. The molecule has 4 nitrogen and oxygen atoms in total. The van der Waals surface area contributed by atoms with E-state index >= 15 is 0 Å². The van der Waals surface area contributed by atoms with Crippen LogP contribution in [0.2, 0.25) is 0 Å². The van der Waals surface area contributed by atoms with Gasteiger partial charge in [-0.25, -0.2) is 0 Å². The number of aromatic nitrogens is 2. The fourth-order valence-electron chi connectivity index (χ4n) is 1.21. The first-order valence-electron chi connectivity index (χ1n) is 4.53. The molecule has 0 atom stereocenters. The third-order valence-electron chi connectivity index (χ3n) is 1.95. The molecule has 0 saturated carbocycles. The molecule has 2 aromatic rings. The lowest BCUT2D eigenvalue weighted by atomic mass is 10.1. The van der Waals surface area contributed by atoms with Crippen LogP contribution in [0, 0.1) is 0 Å². The van der Waals surface area contributed by atoms with E-state index in [1.807, 2.05) is 17.5 Å². The van der Waals surface area contributed by atoms with Crippen LogP contribution in [-0.2, 0) is 4.79 Å². The van der Waals surface area contributed by atoms with Crippen LogP contribution in [0.5, 0.6) is 0 Å². The van der Waals surface area contributed by atoms with Gasteiger partial charge in [0.2, 0.25) is 5.91 Å². The third-order valence-corrected chi connectivity index (χ3v) is 2.69. The molecular weight excluding hydrogens is 246 g/mol. The average Bonchev–Trinajstić information content (AvgIpc) is 2.83. The molecular formula is C10H8ClN3OS. The minimum absolute atomic E-state index is 0.0439. The lowest BCUT2D eigenvalue weighted by Gasteiger charge is -2.03. The largest absolute Gasteiger partial charge is 0.325 e. The van der Waals surface area contributed by atoms with Crippen molar-refractivity contribution in [2.75, 3.05) is 11.2 Å². The second-order valence-corrected chi connectivity index (χ2v) is 3.93. The molecule has 0 radical (unpaired) electrons. The van der Waals surface area contributed by atoms with Crippen molar-refractivity contribution in [2.45, 2.75) is 0 Å². The van der Waals surface area contributed by atoms with E-state index in [1.54, 1.807) is 12.1 Å². The van der Waals surface area contributed by atoms with Crippen molar-refractivity contribution < 1.29 is 4.79 Å². The smallest absolute Gasteiger partial charge is 0.239 e. The number of hydrogen-bond acceptors (Lipinski definition) is 4. The van der Waals surface area contributed by atoms with E-state index in [9.17, 15) is 4.79 Å². The molecule has 1 heterocycles. The Morgan fingerprint density at radius 2 is 2.12 bits per heavy atom. The van der Waals surface area contributed by atoms with Gasteiger partial charge in [0, 0.05) is 16.6 Å². The SMILES string of the molecule is O=C(CCl)Nc1ccc(-c2csnn2)cc1. The van der Waals surface area contributed by atoms with Gasteiger partial charge in [-0.3, -0.25) is 4.79 Å². The molecule has 1 aromatic heterocycles. The number of hydrogen-bond donors (Lipinski definition) is 1. The highest BCUT2D eigenvalue weighted by atomic mass is 35.5. The van der Waals surface area contributed by atoms with Crippen LogP contribution in [0.1, 0.15) is 0 Å². The second-order valence-electron chi connectivity index (χ2n) is 3.05. The number of rotatable bonds is 3. The number of benzene rings is 1. The molecule has 0 saturated heterocycles. The Bertz CT molecular complexity index is 469. The van der Waals surface area contributed by atoms with E-state index < -0.39 is 0 Å². The summed E-state index contributed by atoms with van der Waals surface area (Å²) in [5.41, 5.74) is 2.52. The van der Waals surface area contributed by atoms with Crippen molar-refractivity contribution in [1.29, 1.82) is 0 Å². The summed E-state index contributed by atoms with van der Waals surface area (Å²) in [6.07, 6.45) is 0. The summed E-state index contributed by atoms with van der Waals surface area (Å²) >= 11 is 6.69. The summed E-state index contributed by atoms with van der Waals surface area (Å²) in [7, 11) is 0. The fraction of sp³-hybridized carbons (Fsp3) is 0.100. The van der Waals surface area contributed by atoms with Crippen LogP contribution in [0.15, 0.2) is 29.6 Å². The van der Waals surface area contributed by atoms with Gasteiger partial charge in [-0.1, -0.05) is 16.6 Å². The molecule has 6 heteroatoms. The molecule has 0 bridgehead atoms. The first-order chi connectivity index (χ1) is 7.79. The summed E-state index contributed by atoms with van der Waals surface area (Å²) in [5, 5.41) is 8.48. The molecule has 1 aromatic carbocycles. The summed E-state index contributed by atoms with van der Waals surface area (Å²) in [4.78, 5) is 11.0. The molecule has 0 aliphatic carbocycles. The number of amides is 1. The Hall–Kier alpha value is -1.46. The first kappa shape index (κ1) is 11.0. The van der Waals surface area contributed by atoms with Gasteiger partial charge in [-0.2, -0.15) is 0 Å². The third kappa shape index (κ3) is 2.56. The van der Waals surface area contributed by atoms with E-state index in [2.05, 4.69) is 14.9 Å². The predicted molar refractivity (Wildman–Crippen MR) is 64.7 cm³/mol. The van der Waals surface area contributed by atoms with Crippen molar-refractivity contribution in [3.8, 4) is 11.3 Å². The van der Waals surface area contributed by atoms with Crippen molar-refractivity contribution >= 4 is 34.7 Å². The molecule has 0 aliphatic heterocycles. The number of carbonyl (C=O) groups is 1. The van der Waals surface area contributed by atoms with E-state index in [4.69, 9.17) is 11.6 Å². The van der Waals surface area contributed by atoms with Crippen LogP contribution >= 0.6 is 23.1 Å². The monoisotopic (exact) mass is 253 g/mol. The van der Waals surface area contributed by atoms with Gasteiger partial charge in [0.05, 0.1) is 0 Å². The fourth-order valence-corrected chi connectivity index (χ4v) is 1.74. The maximum Gasteiger partial charge on any atom is 0.239 e. The molecule has 0 fully saturated rings. The van der Waals surface area contributed by atoms with Crippen LogP contribution in [0.4, 0.5) is 5.69 Å². The zero-order chi connectivity index (χ0) is 11.4. The normalized spacial score (nSPS) is 10.1. The number of nitrogens with one attached hydrogen (secondary N) is 1. The van der Waals surface area contributed by atoms with Crippen LogP contribution in [-0.4, -0.2) is 21.4 Å². The molecule has 16 heavy (non-hydrogen) atoms. The van der Waals surface area contributed by atoms with Gasteiger partial charge in [-0.15, -0.1) is 16.7 Å². The van der Waals surface area contributed by atoms with Gasteiger partial charge in [0.15, 0.2) is 0 Å². The molecule has 1 N–H and O–H groups in total. The summed E-state index contributed by atoms with van der Waals surface area (Å²) in [6, 6.07) is 7.36. The number of halogens is 1. The van der Waals surface area contributed by atoms with Crippen molar-refractivity contribution in [1.82, 2.24) is 9.59 Å². The predicted octanol–water partition coefficient (Wildman–Crippen LogP) is 2.38. The zero-order valence-corrected chi connectivity index (χ0v) is 9.76. The summed E-state index contributed by atoms with van der Waals surface area (Å²) in [6.45, 7) is 0. The lowest BCUT2D eigenvalue weighted by Crippen LogP contribution is -2.12. The van der Waals surface area contributed by atoms with Crippen molar-refractivity contribution in [2.24, 2.45) is 0 Å². The minimum atomic E-state index is -0.218. The van der Waals surface area contributed by atoms with E-state index in [-0.39, 0.29) is 11.8 Å². The zero-order valence-electron chi connectivity index (χ0n) is 8.18. The van der Waals surface area contributed by atoms with Crippen LogP contribution < -0.4 is 5.32 Å². The van der Waals surface area contributed by atoms with Crippen molar-refractivity contribution in [3.63, 3.8) is 0 Å². The highest BCUT2D eigenvalue weighted by Gasteiger charge is 2.02. The number of alkyl halides is 1. The van der Waals surface area contributed by atoms with E-state index in [0.717, 1.165) is 16.9 Å². The topological polar surface area (TPSA) is 54.9 Å². The van der Waals surface area contributed by atoms with E-state index in [0.29, 0.717) is 0 Å². The van der Waals surface area contributed by atoms with Crippen LogP contribution in [0.25, 0.3) is 11.3 Å². The Labute approximate surface area is 101 Å². The molecule has 2 rings (SSSR count).